The number of hydrogen-bond acceptors (Lipinski definition) is 3. The highest BCUT2D eigenvalue weighted by molar-refractivity contribution is 6.30. The zero-order valence-electron chi connectivity index (χ0n) is 8.33. The number of rotatable bonds is 1. The maximum absolute atomic E-state index is 12.4. The summed E-state index contributed by atoms with van der Waals surface area (Å²) in [7, 11) is 0. The predicted molar refractivity (Wildman–Crippen MR) is 54.7 cm³/mol. The van der Waals surface area contributed by atoms with Gasteiger partial charge >= 0.3 is 12.0 Å². The van der Waals surface area contributed by atoms with Gasteiger partial charge in [0.05, 0.1) is 12.1 Å². The summed E-state index contributed by atoms with van der Waals surface area (Å²) >= 11 is 5.65. The van der Waals surface area contributed by atoms with Crippen LogP contribution in [-0.4, -0.2) is 22.8 Å². The minimum atomic E-state index is -4.88. The van der Waals surface area contributed by atoms with Gasteiger partial charge in [0.25, 0.3) is 0 Å². The van der Waals surface area contributed by atoms with E-state index in [1.807, 2.05) is 0 Å². The summed E-state index contributed by atoms with van der Waals surface area (Å²) in [6.07, 6.45) is -5.62. The summed E-state index contributed by atoms with van der Waals surface area (Å²) in [5.41, 5.74) is 0.455. The van der Waals surface area contributed by atoms with E-state index in [1.165, 1.54) is 24.3 Å². The smallest absolute Gasteiger partial charge is 0.350 e. The van der Waals surface area contributed by atoms with Crippen LogP contribution in [0.1, 0.15) is 12.0 Å². The number of alkyl halides is 3. The highest BCUT2D eigenvalue weighted by Crippen LogP contribution is 2.38. The molecule has 17 heavy (non-hydrogen) atoms. The fraction of sp³-hybridized carbons (Fsp3) is 0.300. The second-order valence-electron chi connectivity index (χ2n) is 3.60. The van der Waals surface area contributed by atoms with Crippen LogP contribution in [0.25, 0.3) is 0 Å². The Morgan fingerprint density at radius 2 is 1.88 bits per heavy atom. The number of benzene rings is 1. The van der Waals surface area contributed by atoms with Gasteiger partial charge in [0.15, 0.2) is 0 Å². The average Bonchev–Trinajstić information content (AvgIpc) is 2.63. The summed E-state index contributed by atoms with van der Waals surface area (Å²) in [5, 5.41) is 12.9. The van der Waals surface area contributed by atoms with Crippen LogP contribution >= 0.6 is 11.6 Å². The molecule has 0 amide bonds. The number of oxime groups is 1. The van der Waals surface area contributed by atoms with Crippen LogP contribution in [0.15, 0.2) is 29.4 Å². The molecule has 1 aliphatic heterocycles. The quantitative estimate of drug-likeness (QED) is 0.848. The molecule has 0 bridgehead atoms. The molecular formula is C10H7ClF3NO2. The molecular weight excluding hydrogens is 259 g/mol. The molecule has 0 aromatic heterocycles. The van der Waals surface area contributed by atoms with Gasteiger partial charge in [-0.05, 0) is 17.7 Å². The van der Waals surface area contributed by atoms with Crippen LogP contribution in [0.5, 0.6) is 0 Å². The van der Waals surface area contributed by atoms with Crippen LogP contribution in [-0.2, 0) is 4.84 Å². The third-order valence-electron chi connectivity index (χ3n) is 2.33. The molecule has 0 unspecified atom stereocenters. The van der Waals surface area contributed by atoms with E-state index in [4.69, 9.17) is 11.6 Å². The van der Waals surface area contributed by atoms with Crippen molar-refractivity contribution < 1.29 is 23.1 Å². The van der Waals surface area contributed by atoms with Crippen molar-refractivity contribution in [2.75, 3.05) is 0 Å². The van der Waals surface area contributed by atoms with E-state index in [0.29, 0.717) is 10.6 Å². The first-order chi connectivity index (χ1) is 7.82. The van der Waals surface area contributed by atoms with Crippen LogP contribution in [0.3, 0.4) is 0 Å². The number of hydrogen-bond donors (Lipinski definition) is 1. The van der Waals surface area contributed by atoms with Crippen molar-refractivity contribution in [2.45, 2.75) is 18.4 Å². The maximum atomic E-state index is 12.4. The lowest BCUT2D eigenvalue weighted by Gasteiger charge is -2.22. The molecule has 0 saturated heterocycles. The van der Waals surface area contributed by atoms with Crippen LogP contribution in [0.2, 0.25) is 5.02 Å². The van der Waals surface area contributed by atoms with Crippen molar-refractivity contribution in [3.05, 3.63) is 34.9 Å². The number of aliphatic hydroxyl groups is 1. The van der Waals surface area contributed by atoms with Crippen LogP contribution in [0.4, 0.5) is 13.2 Å². The first-order valence-corrected chi connectivity index (χ1v) is 5.00. The van der Waals surface area contributed by atoms with Gasteiger partial charge < -0.3 is 9.94 Å². The molecule has 0 saturated carbocycles. The van der Waals surface area contributed by atoms with Gasteiger partial charge in [-0.2, -0.15) is 13.2 Å². The number of nitrogens with zero attached hydrogens (tertiary/aromatic N) is 1. The van der Waals surface area contributed by atoms with E-state index < -0.39 is 18.4 Å². The first-order valence-electron chi connectivity index (χ1n) is 4.62. The van der Waals surface area contributed by atoms with Gasteiger partial charge in [-0.1, -0.05) is 28.9 Å². The van der Waals surface area contributed by atoms with Gasteiger partial charge in [-0.25, -0.2) is 0 Å². The Kier molecular flexibility index (Phi) is 2.79. The normalized spacial score (nSPS) is 24.4. The molecule has 1 atom stereocenters. The summed E-state index contributed by atoms with van der Waals surface area (Å²) in [4.78, 5) is 4.09. The maximum Gasteiger partial charge on any atom is 0.458 e. The third-order valence-corrected chi connectivity index (χ3v) is 2.59. The Morgan fingerprint density at radius 3 is 2.35 bits per heavy atom. The fourth-order valence-electron chi connectivity index (χ4n) is 1.37. The Labute approximate surface area is 99.4 Å². The van der Waals surface area contributed by atoms with E-state index in [0.717, 1.165) is 0 Å². The van der Waals surface area contributed by atoms with Crippen LogP contribution < -0.4 is 0 Å². The molecule has 0 aliphatic carbocycles. The van der Waals surface area contributed by atoms with E-state index in [-0.39, 0.29) is 5.71 Å². The molecule has 1 aromatic rings. The second kappa shape index (κ2) is 3.89. The van der Waals surface area contributed by atoms with Crippen LogP contribution in [0, 0.1) is 0 Å². The van der Waals surface area contributed by atoms with Gasteiger partial charge in [-0.3, -0.25) is 0 Å². The van der Waals surface area contributed by atoms with Crippen molar-refractivity contribution >= 4 is 17.3 Å². The van der Waals surface area contributed by atoms with Gasteiger partial charge in [0, 0.05) is 5.02 Å². The molecule has 1 N–H and O–H groups in total. The summed E-state index contributed by atoms with van der Waals surface area (Å²) in [5.74, 6) is -3.23. The molecule has 7 heteroatoms. The van der Waals surface area contributed by atoms with Crippen molar-refractivity contribution in [3.63, 3.8) is 0 Å². The summed E-state index contributed by atoms with van der Waals surface area (Å²) < 4.78 is 37.3. The summed E-state index contributed by atoms with van der Waals surface area (Å²) in [6, 6.07) is 6.05. The summed E-state index contributed by atoms with van der Waals surface area (Å²) in [6.45, 7) is 0. The lowest BCUT2D eigenvalue weighted by atomic mass is 10.0. The largest absolute Gasteiger partial charge is 0.458 e. The van der Waals surface area contributed by atoms with Crippen molar-refractivity contribution in [3.8, 4) is 0 Å². The lowest BCUT2D eigenvalue weighted by Crippen LogP contribution is -2.45. The lowest BCUT2D eigenvalue weighted by molar-refractivity contribution is -0.355. The molecule has 2 rings (SSSR count). The molecule has 0 spiro atoms. The fourth-order valence-corrected chi connectivity index (χ4v) is 1.50. The molecule has 1 aromatic carbocycles. The van der Waals surface area contributed by atoms with E-state index in [2.05, 4.69) is 9.99 Å². The molecule has 0 fully saturated rings. The van der Waals surface area contributed by atoms with Crippen molar-refractivity contribution in [1.29, 1.82) is 0 Å². The highest BCUT2D eigenvalue weighted by atomic mass is 35.5. The van der Waals surface area contributed by atoms with Gasteiger partial charge in [0.2, 0.25) is 0 Å². The van der Waals surface area contributed by atoms with E-state index in [9.17, 15) is 18.3 Å². The topological polar surface area (TPSA) is 41.8 Å². The third kappa shape index (κ3) is 2.23. The van der Waals surface area contributed by atoms with Crippen molar-refractivity contribution in [1.82, 2.24) is 0 Å². The minimum absolute atomic E-state index is 0.0292. The second-order valence-corrected chi connectivity index (χ2v) is 4.03. The Balaban J connectivity index is 2.20. The minimum Gasteiger partial charge on any atom is -0.350 e. The molecule has 0 radical (unpaired) electrons. The Hall–Kier alpha value is -1.27. The average molecular weight is 266 g/mol. The number of halogens is 4. The monoisotopic (exact) mass is 265 g/mol. The molecule has 92 valence electrons. The zero-order chi connectivity index (χ0) is 12.7. The predicted octanol–water partition coefficient (Wildman–Crippen LogP) is 2.72. The Bertz CT molecular complexity index is 458. The standard InChI is InChI=1S/C10H7ClF3NO2/c11-7-3-1-6(2-4-7)8-5-9(16,17-15-8)10(12,13)14/h1-4,16H,5H2/t9-/m1/s1. The van der Waals surface area contributed by atoms with Gasteiger partial charge in [0.1, 0.15) is 0 Å². The van der Waals surface area contributed by atoms with Crippen molar-refractivity contribution in [2.24, 2.45) is 5.16 Å². The van der Waals surface area contributed by atoms with E-state index in [1.54, 1.807) is 0 Å². The molecule has 1 heterocycles. The SMILES string of the molecule is O[C@]1(C(F)(F)F)CC(c2ccc(Cl)cc2)=NO1. The molecule has 1 aliphatic rings. The highest BCUT2D eigenvalue weighted by Gasteiger charge is 2.60. The molecule has 3 nitrogen and oxygen atoms in total. The van der Waals surface area contributed by atoms with Gasteiger partial charge in [-0.15, -0.1) is 0 Å². The first kappa shape index (κ1) is 12.2. The zero-order valence-corrected chi connectivity index (χ0v) is 9.09. The Morgan fingerprint density at radius 1 is 1.29 bits per heavy atom. The van der Waals surface area contributed by atoms with E-state index >= 15 is 0 Å².